The normalized spacial score (nSPS) is 10.6. The van der Waals surface area contributed by atoms with Gasteiger partial charge in [0.05, 0.1) is 12.4 Å². The standard InChI is InChI=1S/C24H32N2O4/c1-3-5-7-9-11-22(27)29-20-15-13-19(14-16-20)24-25-17-21(18-26-24)30-23(28)12-10-8-6-4-2/h13-18H,3-12H2,1-2H3. The van der Waals surface area contributed by atoms with Gasteiger partial charge < -0.3 is 9.47 Å². The first-order valence-electron chi connectivity index (χ1n) is 11.0. The highest BCUT2D eigenvalue weighted by Crippen LogP contribution is 2.21. The largest absolute Gasteiger partial charge is 0.427 e. The highest BCUT2D eigenvalue weighted by atomic mass is 16.5. The molecule has 0 aliphatic heterocycles. The molecule has 0 aliphatic rings. The van der Waals surface area contributed by atoms with E-state index in [1.165, 1.54) is 12.4 Å². The summed E-state index contributed by atoms with van der Waals surface area (Å²) in [7, 11) is 0. The molecule has 6 heteroatoms. The summed E-state index contributed by atoms with van der Waals surface area (Å²) < 4.78 is 10.6. The summed E-state index contributed by atoms with van der Waals surface area (Å²) in [6.45, 7) is 4.27. The number of carbonyl (C=O) groups excluding carboxylic acids is 2. The van der Waals surface area contributed by atoms with E-state index < -0.39 is 0 Å². The van der Waals surface area contributed by atoms with Gasteiger partial charge in [-0.05, 0) is 37.1 Å². The van der Waals surface area contributed by atoms with E-state index in [9.17, 15) is 9.59 Å². The molecule has 30 heavy (non-hydrogen) atoms. The van der Waals surface area contributed by atoms with E-state index in [1.54, 1.807) is 24.3 Å². The fraction of sp³-hybridized carbons (Fsp3) is 0.500. The van der Waals surface area contributed by atoms with Crippen molar-refractivity contribution >= 4 is 11.9 Å². The molecule has 0 spiro atoms. The van der Waals surface area contributed by atoms with Crippen molar-refractivity contribution in [3.05, 3.63) is 36.7 Å². The van der Waals surface area contributed by atoms with Crippen LogP contribution in [-0.4, -0.2) is 21.9 Å². The van der Waals surface area contributed by atoms with Gasteiger partial charge in [0.2, 0.25) is 0 Å². The molecule has 1 aromatic heterocycles. The van der Waals surface area contributed by atoms with E-state index >= 15 is 0 Å². The van der Waals surface area contributed by atoms with Gasteiger partial charge in [-0.3, -0.25) is 9.59 Å². The quantitative estimate of drug-likeness (QED) is 0.232. The maximum Gasteiger partial charge on any atom is 0.311 e. The number of ether oxygens (including phenoxy) is 2. The van der Waals surface area contributed by atoms with Gasteiger partial charge in [-0.1, -0.05) is 52.4 Å². The van der Waals surface area contributed by atoms with Crippen molar-refractivity contribution in [1.82, 2.24) is 9.97 Å². The summed E-state index contributed by atoms with van der Waals surface area (Å²) in [5.74, 6) is 0.884. The average molecular weight is 413 g/mol. The third-order valence-electron chi connectivity index (χ3n) is 4.67. The molecule has 0 aliphatic carbocycles. The zero-order valence-corrected chi connectivity index (χ0v) is 18.1. The predicted octanol–water partition coefficient (Wildman–Crippen LogP) is 5.90. The highest BCUT2D eigenvalue weighted by Gasteiger charge is 2.08. The minimum absolute atomic E-state index is 0.212. The SMILES string of the molecule is CCCCCCC(=O)Oc1ccc(-c2ncc(OC(=O)CCCCCC)cn2)cc1. The van der Waals surface area contributed by atoms with E-state index in [4.69, 9.17) is 9.47 Å². The molecule has 0 amide bonds. The van der Waals surface area contributed by atoms with Gasteiger partial charge in [-0.2, -0.15) is 0 Å². The minimum Gasteiger partial charge on any atom is -0.427 e. The molecule has 0 saturated heterocycles. The van der Waals surface area contributed by atoms with Crippen LogP contribution >= 0.6 is 0 Å². The Bertz CT molecular complexity index is 705. The van der Waals surface area contributed by atoms with Crippen molar-refractivity contribution in [3.63, 3.8) is 0 Å². The number of rotatable bonds is 13. The minimum atomic E-state index is -0.261. The summed E-state index contributed by atoms with van der Waals surface area (Å²) in [6.07, 6.45) is 12.1. The lowest BCUT2D eigenvalue weighted by Gasteiger charge is -2.06. The van der Waals surface area contributed by atoms with Crippen molar-refractivity contribution in [2.75, 3.05) is 0 Å². The lowest BCUT2D eigenvalue weighted by molar-refractivity contribution is -0.135. The molecule has 0 atom stereocenters. The molecule has 2 aromatic rings. The van der Waals surface area contributed by atoms with Crippen molar-refractivity contribution in [2.24, 2.45) is 0 Å². The molecule has 0 saturated carbocycles. The van der Waals surface area contributed by atoms with Crippen LogP contribution in [0.4, 0.5) is 0 Å². The van der Waals surface area contributed by atoms with Gasteiger partial charge in [0.1, 0.15) is 5.75 Å². The molecular weight excluding hydrogens is 380 g/mol. The van der Waals surface area contributed by atoms with Gasteiger partial charge in [0, 0.05) is 18.4 Å². The third-order valence-corrected chi connectivity index (χ3v) is 4.67. The number of aromatic nitrogens is 2. The fourth-order valence-electron chi connectivity index (χ4n) is 2.95. The smallest absolute Gasteiger partial charge is 0.311 e. The molecule has 1 aromatic carbocycles. The molecule has 0 N–H and O–H groups in total. The molecule has 0 bridgehead atoms. The number of carbonyl (C=O) groups is 2. The molecular formula is C24H32N2O4. The Hall–Kier alpha value is -2.76. The van der Waals surface area contributed by atoms with E-state index in [0.717, 1.165) is 56.9 Å². The Morgan fingerprint density at radius 3 is 1.70 bits per heavy atom. The molecule has 162 valence electrons. The maximum absolute atomic E-state index is 11.9. The average Bonchev–Trinajstić information content (AvgIpc) is 2.75. The number of nitrogens with zero attached hydrogens (tertiary/aromatic N) is 2. The van der Waals surface area contributed by atoms with Crippen LogP contribution < -0.4 is 9.47 Å². The van der Waals surface area contributed by atoms with Crippen LogP contribution in [0.3, 0.4) is 0 Å². The maximum atomic E-state index is 11.9. The zero-order chi connectivity index (χ0) is 21.6. The fourth-order valence-corrected chi connectivity index (χ4v) is 2.95. The van der Waals surface area contributed by atoms with Crippen molar-refractivity contribution in [3.8, 4) is 22.9 Å². The Morgan fingerprint density at radius 2 is 1.20 bits per heavy atom. The van der Waals surface area contributed by atoms with E-state index in [0.29, 0.717) is 30.2 Å². The summed E-state index contributed by atoms with van der Waals surface area (Å²) in [5, 5.41) is 0. The second-order valence-corrected chi connectivity index (χ2v) is 7.34. The number of hydrogen-bond acceptors (Lipinski definition) is 6. The summed E-state index contributed by atoms with van der Waals surface area (Å²) in [4.78, 5) is 32.2. The number of esters is 2. The molecule has 0 fully saturated rings. The van der Waals surface area contributed by atoms with Crippen LogP contribution in [0.15, 0.2) is 36.7 Å². The van der Waals surface area contributed by atoms with Gasteiger partial charge in [0.25, 0.3) is 0 Å². The van der Waals surface area contributed by atoms with E-state index in [-0.39, 0.29) is 11.9 Å². The Morgan fingerprint density at radius 1 is 0.700 bits per heavy atom. The first-order chi connectivity index (χ1) is 14.6. The molecule has 0 unspecified atom stereocenters. The van der Waals surface area contributed by atoms with Gasteiger partial charge >= 0.3 is 11.9 Å². The van der Waals surface area contributed by atoms with Crippen LogP contribution in [0.2, 0.25) is 0 Å². The molecule has 6 nitrogen and oxygen atoms in total. The Balaban J connectivity index is 1.82. The second kappa shape index (κ2) is 13.5. The van der Waals surface area contributed by atoms with E-state index in [1.807, 2.05) is 0 Å². The summed E-state index contributed by atoms with van der Waals surface area (Å²) in [5.41, 5.74) is 0.787. The lowest BCUT2D eigenvalue weighted by atomic mass is 10.1. The van der Waals surface area contributed by atoms with Crippen LogP contribution in [0.25, 0.3) is 11.4 Å². The Labute approximate surface area is 179 Å². The first-order valence-corrected chi connectivity index (χ1v) is 11.0. The molecule has 2 rings (SSSR count). The number of benzene rings is 1. The van der Waals surface area contributed by atoms with Gasteiger partial charge in [-0.25, -0.2) is 9.97 Å². The predicted molar refractivity (Wildman–Crippen MR) is 116 cm³/mol. The number of unbranched alkanes of at least 4 members (excludes halogenated alkanes) is 6. The van der Waals surface area contributed by atoms with Crippen molar-refractivity contribution in [2.45, 2.75) is 78.1 Å². The Kier molecular flexibility index (Phi) is 10.6. The zero-order valence-electron chi connectivity index (χ0n) is 18.1. The van der Waals surface area contributed by atoms with Crippen molar-refractivity contribution < 1.29 is 19.1 Å². The monoisotopic (exact) mass is 412 g/mol. The summed E-state index contributed by atoms with van der Waals surface area (Å²) in [6, 6.07) is 7.06. The van der Waals surface area contributed by atoms with Gasteiger partial charge in [0.15, 0.2) is 11.6 Å². The third kappa shape index (κ3) is 8.72. The lowest BCUT2D eigenvalue weighted by Crippen LogP contribution is -2.08. The van der Waals surface area contributed by atoms with Crippen LogP contribution in [0.5, 0.6) is 11.5 Å². The topological polar surface area (TPSA) is 78.4 Å². The van der Waals surface area contributed by atoms with Crippen LogP contribution in [-0.2, 0) is 9.59 Å². The first kappa shape index (κ1) is 23.5. The second-order valence-electron chi connectivity index (χ2n) is 7.34. The van der Waals surface area contributed by atoms with Crippen LogP contribution in [0.1, 0.15) is 78.1 Å². The van der Waals surface area contributed by atoms with Crippen LogP contribution in [0, 0.1) is 0 Å². The number of hydrogen-bond donors (Lipinski definition) is 0. The summed E-state index contributed by atoms with van der Waals surface area (Å²) >= 11 is 0. The van der Waals surface area contributed by atoms with Crippen molar-refractivity contribution in [1.29, 1.82) is 0 Å². The molecule has 1 heterocycles. The van der Waals surface area contributed by atoms with E-state index in [2.05, 4.69) is 23.8 Å². The molecule has 0 radical (unpaired) electrons. The van der Waals surface area contributed by atoms with Gasteiger partial charge in [-0.15, -0.1) is 0 Å². The highest BCUT2D eigenvalue weighted by molar-refractivity contribution is 5.73.